The van der Waals surface area contributed by atoms with Crippen LogP contribution in [0.5, 0.6) is 0 Å². The van der Waals surface area contributed by atoms with E-state index in [-0.39, 0.29) is 18.8 Å². The van der Waals surface area contributed by atoms with Gasteiger partial charge < -0.3 is 14.8 Å². The summed E-state index contributed by atoms with van der Waals surface area (Å²) in [5.74, 6) is 0. The fourth-order valence-corrected chi connectivity index (χ4v) is 2.51. The highest BCUT2D eigenvalue weighted by Crippen LogP contribution is 2.33. The number of hydrogen-bond acceptors (Lipinski definition) is 3. The molecule has 1 aliphatic rings. The molecular formula is C16H22FNO3. The molecule has 0 unspecified atom stereocenters. The standard InChI is InChI=1S/C16H22FNO3/c1-16(2,3)21-15(19)18-14-12-7-5-4-6-11(12)10-13(14)20-9-8-17/h4-7,13-14H,8-10H2,1-3H3,(H,18,19)/t13-,14-/m0/s1. The number of amides is 1. The first kappa shape index (κ1) is 15.8. The van der Waals surface area contributed by atoms with Gasteiger partial charge in [-0.2, -0.15) is 0 Å². The molecule has 0 heterocycles. The molecule has 0 bridgehead atoms. The van der Waals surface area contributed by atoms with Crippen LogP contribution in [0.4, 0.5) is 9.18 Å². The van der Waals surface area contributed by atoms with E-state index < -0.39 is 18.4 Å². The van der Waals surface area contributed by atoms with E-state index in [2.05, 4.69) is 5.32 Å². The molecule has 0 aromatic heterocycles. The van der Waals surface area contributed by atoms with E-state index in [0.29, 0.717) is 6.42 Å². The van der Waals surface area contributed by atoms with Crippen molar-refractivity contribution in [2.45, 2.75) is 44.9 Å². The summed E-state index contributed by atoms with van der Waals surface area (Å²) in [4.78, 5) is 12.0. The molecule has 21 heavy (non-hydrogen) atoms. The summed E-state index contributed by atoms with van der Waals surface area (Å²) in [5.41, 5.74) is 1.56. The van der Waals surface area contributed by atoms with Crippen molar-refractivity contribution in [3.63, 3.8) is 0 Å². The molecule has 1 aromatic carbocycles. The van der Waals surface area contributed by atoms with Crippen LogP contribution in [0.1, 0.15) is 37.9 Å². The summed E-state index contributed by atoms with van der Waals surface area (Å²) in [6, 6.07) is 7.51. The van der Waals surface area contributed by atoms with Crippen LogP contribution >= 0.6 is 0 Å². The monoisotopic (exact) mass is 295 g/mol. The summed E-state index contributed by atoms with van der Waals surface area (Å²) in [6.45, 7) is 4.93. The van der Waals surface area contributed by atoms with Crippen molar-refractivity contribution in [2.24, 2.45) is 0 Å². The second-order valence-corrected chi connectivity index (χ2v) is 6.13. The van der Waals surface area contributed by atoms with Gasteiger partial charge in [0.25, 0.3) is 0 Å². The smallest absolute Gasteiger partial charge is 0.408 e. The summed E-state index contributed by atoms with van der Waals surface area (Å²) < 4.78 is 23.2. The lowest BCUT2D eigenvalue weighted by Crippen LogP contribution is -2.39. The van der Waals surface area contributed by atoms with Crippen molar-refractivity contribution < 1.29 is 18.7 Å². The lowest BCUT2D eigenvalue weighted by Gasteiger charge is -2.25. The topological polar surface area (TPSA) is 47.6 Å². The molecular weight excluding hydrogens is 273 g/mol. The summed E-state index contributed by atoms with van der Waals surface area (Å²) in [5, 5.41) is 2.84. The Morgan fingerprint density at radius 2 is 2.10 bits per heavy atom. The Hall–Kier alpha value is -1.62. The molecule has 0 radical (unpaired) electrons. The Bertz CT molecular complexity index is 499. The fourth-order valence-electron chi connectivity index (χ4n) is 2.51. The normalized spacial score (nSPS) is 21.0. The predicted octanol–water partition coefficient (Wildman–Crippen LogP) is 3.16. The van der Waals surface area contributed by atoms with Gasteiger partial charge >= 0.3 is 6.09 Å². The maximum absolute atomic E-state index is 12.4. The molecule has 0 fully saturated rings. The Morgan fingerprint density at radius 1 is 1.38 bits per heavy atom. The zero-order valence-corrected chi connectivity index (χ0v) is 12.7. The first-order valence-corrected chi connectivity index (χ1v) is 7.15. The van der Waals surface area contributed by atoms with Crippen molar-refractivity contribution in [3.8, 4) is 0 Å². The van der Waals surface area contributed by atoms with Gasteiger partial charge in [-0.25, -0.2) is 9.18 Å². The molecule has 1 aromatic rings. The van der Waals surface area contributed by atoms with Gasteiger partial charge in [-0.3, -0.25) is 0 Å². The third-order valence-corrected chi connectivity index (χ3v) is 3.26. The van der Waals surface area contributed by atoms with Gasteiger partial charge in [0.2, 0.25) is 0 Å². The van der Waals surface area contributed by atoms with Crippen molar-refractivity contribution in [2.75, 3.05) is 13.3 Å². The lowest BCUT2D eigenvalue weighted by atomic mass is 10.1. The van der Waals surface area contributed by atoms with Gasteiger partial charge in [-0.1, -0.05) is 24.3 Å². The minimum absolute atomic E-state index is 0.0329. The second-order valence-electron chi connectivity index (χ2n) is 6.13. The maximum atomic E-state index is 12.4. The third kappa shape index (κ3) is 4.17. The van der Waals surface area contributed by atoms with Crippen molar-refractivity contribution in [1.82, 2.24) is 5.32 Å². The minimum atomic E-state index is -0.558. The number of rotatable bonds is 4. The Morgan fingerprint density at radius 3 is 2.76 bits per heavy atom. The highest BCUT2D eigenvalue weighted by Gasteiger charge is 2.35. The van der Waals surface area contributed by atoms with Gasteiger partial charge in [0, 0.05) is 6.42 Å². The number of ether oxygens (including phenoxy) is 2. The largest absolute Gasteiger partial charge is 0.444 e. The van der Waals surface area contributed by atoms with Crippen LogP contribution in [0.25, 0.3) is 0 Å². The molecule has 2 rings (SSSR count). The van der Waals surface area contributed by atoms with E-state index in [0.717, 1.165) is 11.1 Å². The number of alkyl carbamates (subject to hydrolysis) is 1. The zero-order chi connectivity index (χ0) is 15.5. The first-order chi connectivity index (χ1) is 9.90. The number of halogens is 1. The Kier molecular flexibility index (Phi) is 4.83. The van der Waals surface area contributed by atoms with E-state index in [1.165, 1.54) is 0 Å². The molecule has 5 heteroatoms. The fraction of sp³-hybridized carbons (Fsp3) is 0.562. The number of alkyl halides is 1. The average molecular weight is 295 g/mol. The molecule has 2 atom stereocenters. The highest BCUT2D eigenvalue weighted by atomic mass is 19.1. The summed E-state index contributed by atoms with van der Waals surface area (Å²) in [6.07, 6.45) is -0.0832. The van der Waals surface area contributed by atoms with Gasteiger partial charge in [0.15, 0.2) is 0 Å². The molecule has 0 saturated heterocycles. The average Bonchev–Trinajstić information content (AvgIpc) is 2.72. The van der Waals surface area contributed by atoms with Crippen LogP contribution in [0, 0.1) is 0 Å². The number of hydrogen-bond donors (Lipinski definition) is 1. The maximum Gasteiger partial charge on any atom is 0.408 e. The van der Waals surface area contributed by atoms with Gasteiger partial charge in [-0.15, -0.1) is 0 Å². The number of fused-ring (bicyclic) bond motifs is 1. The zero-order valence-electron chi connectivity index (χ0n) is 12.7. The minimum Gasteiger partial charge on any atom is -0.444 e. The van der Waals surface area contributed by atoms with E-state index in [1.807, 2.05) is 45.0 Å². The van der Waals surface area contributed by atoms with Crippen LogP contribution in [-0.2, 0) is 15.9 Å². The predicted molar refractivity (Wildman–Crippen MR) is 78.0 cm³/mol. The van der Waals surface area contributed by atoms with Crippen molar-refractivity contribution in [3.05, 3.63) is 35.4 Å². The third-order valence-electron chi connectivity index (χ3n) is 3.26. The van der Waals surface area contributed by atoms with Crippen molar-refractivity contribution in [1.29, 1.82) is 0 Å². The van der Waals surface area contributed by atoms with Crippen LogP contribution in [0.3, 0.4) is 0 Å². The number of benzene rings is 1. The van der Waals surface area contributed by atoms with Gasteiger partial charge in [0.1, 0.15) is 12.3 Å². The molecule has 0 spiro atoms. The molecule has 1 N–H and O–H groups in total. The molecule has 0 saturated carbocycles. The molecule has 116 valence electrons. The molecule has 1 amide bonds. The Labute approximate surface area is 124 Å². The van der Waals surface area contributed by atoms with E-state index >= 15 is 0 Å². The SMILES string of the molecule is CC(C)(C)OC(=O)N[C@H]1c2ccccc2C[C@@H]1OCCF. The highest BCUT2D eigenvalue weighted by molar-refractivity contribution is 5.69. The van der Waals surface area contributed by atoms with E-state index in [9.17, 15) is 9.18 Å². The van der Waals surface area contributed by atoms with Gasteiger partial charge in [-0.05, 0) is 31.9 Å². The number of carbonyl (C=O) groups excluding carboxylic acids is 1. The van der Waals surface area contributed by atoms with Crippen LogP contribution in [0.2, 0.25) is 0 Å². The number of nitrogens with one attached hydrogen (secondary N) is 1. The summed E-state index contributed by atoms with van der Waals surface area (Å²) in [7, 11) is 0. The van der Waals surface area contributed by atoms with Crippen LogP contribution in [-0.4, -0.2) is 31.1 Å². The lowest BCUT2D eigenvalue weighted by molar-refractivity contribution is 0.0155. The van der Waals surface area contributed by atoms with Crippen LogP contribution in [0.15, 0.2) is 24.3 Å². The van der Waals surface area contributed by atoms with Crippen molar-refractivity contribution >= 4 is 6.09 Å². The molecule has 0 aliphatic heterocycles. The van der Waals surface area contributed by atoms with E-state index in [1.54, 1.807) is 0 Å². The van der Waals surface area contributed by atoms with E-state index in [4.69, 9.17) is 9.47 Å². The first-order valence-electron chi connectivity index (χ1n) is 7.15. The van der Waals surface area contributed by atoms with Gasteiger partial charge in [0.05, 0.1) is 18.8 Å². The van der Waals surface area contributed by atoms with Crippen LogP contribution < -0.4 is 5.32 Å². The second kappa shape index (κ2) is 6.43. The molecule has 1 aliphatic carbocycles. The number of carbonyl (C=O) groups is 1. The Balaban J connectivity index is 2.10. The summed E-state index contributed by atoms with van der Waals surface area (Å²) >= 11 is 0. The molecule has 4 nitrogen and oxygen atoms in total. The quantitative estimate of drug-likeness (QED) is 0.928.